The number of hydrogen-bond acceptors (Lipinski definition) is 5. The second-order valence-electron chi connectivity index (χ2n) is 6.16. The summed E-state index contributed by atoms with van der Waals surface area (Å²) in [4.78, 5) is 27.5. The lowest BCUT2D eigenvalue weighted by Crippen LogP contribution is -2.25. The van der Waals surface area contributed by atoms with Crippen molar-refractivity contribution in [3.05, 3.63) is 88.5 Å². The van der Waals surface area contributed by atoms with Crippen molar-refractivity contribution in [3.63, 3.8) is 0 Å². The fraction of sp³-hybridized carbons (Fsp3) is 0.130. The molecule has 0 N–H and O–H groups in total. The van der Waals surface area contributed by atoms with Crippen LogP contribution in [0.1, 0.15) is 18.1 Å². The molecule has 0 spiro atoms. The Morgan fingerprint density at radius 1 is 1.00 bits per heavy atom. The Hall–Kier alpha value is -4.16. The maximum Gasteiger partial charge on any atom is 0.341 e. The second-order valence-corrected chi connectivity index (χ2v) is 6.16. The van der Waals surface area contributed by atoms with E-state index in [1.807, 2.05) is 36.4 Å². The number of ether oxygens (including phenoxy) is 1. The summed E-state index contributed by atoms with van der Waals surface area (Å²) >= 11 is 0. The SMILES string of the molecule is CCOC(=O)C1=C(c2ccccc2)N(Cc2ccccc2)C(=O)C1=C(C#N)C#N. The Morgan fingerprint density at radius 3 is 2.14 bits per heavy atom. The summed E-state index contributed by atoms with van der Waals surface area (Å²) in [5, 5.41) is 18.8. The molecule has 0 saturated heterocycles. The summed E-state index contributed by atoms with van der Waals surface area (Å²) in [6.45, 7) is 1.93. The fourth-order valence-electron chi connectivity index (χ4n) is 3.18. The summed E-state index contributed by atoms with van der Waals surface area (Å²) in [7, 11) is 0. The molecule has 2 aromatic carbocycles. The van der Waals surface area contributed by atoms with Crippen LogP contribution in [0.3, 0.4) is 0 Å². The van der Waals surface area contributed by atoms with E-state index in [2.05, 4.69) is 0 Å². The van der Waals surface area contributed by atoms with Crippen molar-refractivity contribution in [1.82, 2.24) is 4.90 Å². The van der Waals surface area contributed by atoms with E-state index in [9.17, 15) is 20.1 Å². The van der Waals surface area contributed by atoms with Gasteiger partial charge in [-0.15, -0.1) is 0 Å². The maximum atomic E-state index is 13.3. The number of nitriles is 2. The van der Waals surface area contributed by atoms with Gasteiger partial charge in [-0.2, -0.15) is 10.5 Å². The monoisotopic (exact) mass is 383 g/mol. The molecule has 2 aromatic rings. The minimum Gasteiger partial charge on any atom is -0.462 e. The molecule has 0 unspecified atom stereocenters. The van der Waals surface area contributed by atoms with E-state index >= 15 is 0 Å². The number of nitrogens with zero attached hydrogens (tertiary/aromatic N) is 3. The molecule has 0 atom stereocenters. The van der Waals surface area contributed by atoms with E-state index in [1.165, 1.54) is 4.90 Å². The second kappa shape index (κ2) is 8.69. The standard InChI is InChI=1S/C23H17N3O3/c1-2-29-23(28)20-19(18(13-24)14-25)22(27)26(15-16-9-5-3-6-10-16)21(20)17-11-7-4-8-12-17/h3-12H,2,15H2,1H3. The van der Waals surface area contributed by atoms with Crippen LogP contribution in [0.15, 0.2) is 77.4 Å². The molecule has 0 saturated carbocycles. The van der Waals surface area contributed by atoms with Gasteiger partial charge in [0.2, 0.25) is 0 Å². The number of benzene rings is 2. The van der Waals surface area contributed by atoms with Crippen molar-refractivity contribution in [1.29, 1.82) is 10.5 Å². The van der Waals surface area contributed by atoms with E-state index in [4.69, 9.17) is 4.74 Å². The van der Waals surface area contributed by atoms with Crippen molar-refractivity contribution in [2.75, 3.05) is 6.61 Å². The third-order valence-electron chi connectivity index (χ3n) is 4.40. The van der Waals surface area contributed by atoms with Crippen LogP contribution >= 0.6 is 0 Å². The van der Waals surface area contributed by atoms with Crippen LogP contribution in [0.4, 0.5) is 0 Å². The predicted molar refractivity (Wildman–Crippen MR) is 105 cm³/mol. The van der Waals surface area contributed by atoms with E-state index in [0.29, 0.717) is 11.3 Å². The third-order valence-corrected chi connectivity index (χ3v) is 4.40. The Kier molecular flexibility index (Phi) is 5.87. The molecule has 1 aliphatic rings. The number of carbonyl (C=O) groups excluding carboxylic acids is 2. The molecule has 29 heavy (non-hydrogen) atoms. The summed E-state index contributed by atoms with van der Waals surface area (Å²) in [5.74, 6) is -1.32. The van der Waals surface area contributed by atoms with Gasteiger partial charge in [0.15, 0.2) is 0 Å². The van der Waals surface area contributed by atoms with E-state index in [0.717, 1.165) is 5.56 Å². The summed E-state index contributed by atoms with van der Waals surface area (Å²) in [5.41, 5.74) is 1.09. The minimum absolute atomic E-state index is 0.0583. The molecule has 0 bridgehead atoms. The molecule has 142 valence electrons. The third kappa shape index (κ3) is 3.78. The molecule has 3 rings (SSSR count). The topological polar surface area (TPSA) is 94.2 Å². The Balaban J connectivity index is 2.29. The highest BCUT2D eigenvalue weighted by Gasteiger charge is 2.42. The van der Waals surface area contributed by atoms with Crippen molar-refractivity contribution in [2.45, 2.75) is 13.5 Å². The number of esters is 1. The van der Waals surface area contributed by atoms with Crippen LogP contribution in [0.25, 0.3) is 5.70 Å². The zero-order valence-electron chi connectivity index (χ0n) is 15.8. The van der Waals surface area contributed by atoms with E-state index in [-0.39, 0.29) is 24.3 Å². The summed E-state index contributed by atoms with van der Waals surface area (Å²) < 4.78 is 5.17. The normalized spacial score (nSPS) is 13.1. The van der Waals surface area contributed by atoms with Gasteiger partial charge in [0.25, 0.3) is 5.91 Å². The van der Waals surface area contributed by atoms with Gasteiger partial charge in [0.05, 0.1) is 30.0 Å². The van der Waals surface area contributed by atoms with Gasteiger partial charge in [0, 0.05) is 0 Å². The van der Waals surface area contributed by atoms with Crippen molar-refractivity contribution < 1.29 is 14.3 Å². The molecule has 6 nitrogen and oxygen atoms in total. The molecule has 0 radical (unpaired) electrons. The largest absolute Gasteiger partial charge is 0.462 e. The summed E-state index contributed by atoms with van der Waals surface area (Å²) in [6.07, 6.45) is 0. The smallest absolute Gasteiger partial charge is 0.341 e. The van der Waals surface area contributed by atoms with Gasteiger partial charge in [0.1, 0.15) is 17.7 Å². The first-order valence-electron chi connectivity index (χ1n) is 8.99. The molecular formula is C23H17N3O3. The Morgan fingerprint density at radius 2 is 1.59 bits per heavy atom. The van der Waals surface area contributed by atoms with Gasteiger partial charge in [-0.3, -0.25) is 4.79 Å². The van der Waals surface area contributed by atoms with Crippen LogP contribution in [-0.4, -0.2) is 23.4 Å². The molecule has 1 heterocycles. The maximum absolute atomic E-state index is 13.3. The molecule has 1 aliphatic heterocycles. The van der Waals surface area contributed by atoms with Gasteiger partial charge >= 0.3 is 5.97 Å². The van der Waals surface area contributed by atoms with Gasteiger partial charge in [-0.25, -0.2) is 4.79 Å². The number of allylic oxidation sites excluding steroid dienone is 1. The highest BCUT2D eigenvalue weighted by atomic mass is 16.5. The Labute approximate surface area is 168 Å². The average molecular weight is 383 g/mol. The lowest BCUT2D eigenvalue weighted by atomic mass is 9.99. The zero-order chi connectivity index (χ0) is 20.8. The van der Waals surface area contributed by atoms with Crippen LogP contribution < -0.4 is 0 Å². The predicted octanol–water partition coefficient (Wildman–Crippen LogP) is 3.35. The first kappa shape index (κ1) is 19.6. The Bertz CT molecular complexity index is 1070. The lowest BCUT2D eigenvalue weighted by Gasteiger charge is -2.21. The molecule has 6 heteroatoms. The van der Waals surface area contributed by atoms with Crippen molar-refractivity contribution in [2.24, 2.45) is 0 Å². The molecule has 0 aliphatic carbocycles. The minimum atomic E-state index is -0.742. The first-order valence-corrected chi connectivity index (χ1v) is 8.99. The van der Waals surface area contributed by atoms with Crippen LogP contribution in [-0.2, 0) is 20.9 Å². The van der Waals surface area contributed by atoms with Crippen LogP contribution in [0.2, 0.25) is 0 Å². The van der Waals surface area contributed by atoms with E-state index < -0.39 is 17.4 Å². The van der Waals surface area contributed by atoms with E-state index in [1.54, 1.807) is 43.3 Å². The summed E-state index contributed by atoms with van der Waals surface area (Å²) in [6, 6.07) is 21.7. The highest BCUT2D eigenvalue weighted by Crippen LogP contribution is 2.39. The molecular weight excluding hydrogens is 366 g/mol. The van der Waals surface area contributed by atoms with Crippen LogP contribution in [0, 0.1) is 22.7 Å². The number of carbonyl (C=O) groups is 2. The highest BCUT2D eigenvalue weighted by molar-refractivity contribution is 6.21. The fourth-order valence-corrected chi connectivity index (χ4v) is 3.18. The zero-order valence-corrected chi connectivity index (χ0v) is 15.8. The molecule has 0 aromatic heterocycles. The van der Waals surface area contributed by atoms with Gasteiger partial charge in [-0.05, 0) is 18.1 Å². The number of hydrogen-bond donors (Lipinski definition) is 0. The number of rotatable bonds is 5. The number of amides is 1. The van der Waals surface area contributed by atoms with Crippen molar-refractivity contribution >= 4 is 17.6 Å². The van der Waals surface area contributed by atoms with Gasteiger partial charge < -0.3 is 9.64 Å². The van der Waals surface area contributed by atoms with Crippen LogP contribution in [0.5, 0.6) is 0 Å². The quantitative estimate of drug-likeness (QED) is 0.448. The average Bonchev–Trinajstić information content (AvgIpc) is 3.03. The van der Waals surface area contributed by atoms with Crippen molar-refractivity contribution in [3.8, 4) is 12.1 Å². The first-order chi connectivity index (χ1) is 14.1. The molecule has 1 amide bonds. The van der Waals surface area contributed by atoms with Gasteiger partial charge in [-0.1, -0.05) is 60.7 Å². The lowest BCUT2D eigenvalue weighted by molar-refractivity contribution is -0.138. The molecule has 0 fully saturated rings.